The Kier molecular flexibility index (Phi) is 7.79. The molecule has 1 aliphatic heterocycles. The molecule has 1 heterocycles. The molecule has 1 saturated heterocycles. The number of methoxy groups -OCH3 is 1. The molecule has 0 saturated carbocycles. The predicted octanol–water partition coefficient (Wildman–Crippen LogP) is 5.92. The van der Waals surface area contributed by atoms with Gasteiger partial charge in [-0.25, -0.2) is 9.69 Å². The fourth-order valence-corrected chi connectivity index (χ4v) is 4.66. The van der Waals surface area contributed by atoms with Crippen LogP contribution in [0.1, 0.15) is 22.3 Å². The number of carbonyl (C=O) groups is 3. The molecule has 3 aromatic carbocycles. The fourth-order valence-electron chi connectivity index (χ4n) is 3.63. The number of nitrogens with one attached hydrogen (secondary N) is 1. The smallest absolute Gasteiger partial charge is 0.335 e. The number of urea groups is 1. The average Bonchev–Trinajstić information content (AvgIpc) is 2.84. The van der Waals surface area contributed by atoms with E-state index in [1.165, 1.54) is 18.7 Å². The van der Waals surface area contributed by atoms with Gasteiger partial charge in [0.25, 0.3) is 11.8 Å². The van der Waals surface area contributed by atoms with Crippen LogP contribution in [-0.2, 0) is 16.2 Å². The average molecular weight is 661 g/mol. The number of amides is 4. The zero-order chi connectivity index (χ0) is 26.0. The highest BCUT2D eigenvalue weighted by atomic mass is 127. The van der Waals surface area contributed by atoms with Crippen molar-refractivity contribution in [2.75, 3.05) is 12.0 Å². The first-order valence-electron chi connectivity index (χ1n) is 10.9. The van der Waals surface area contributed by atoms with Crippen LogP contribution in [0.25, 0.3) is 6.08 Å². The van der Waals surface area contributed by atoms with Gasteiger partial charge in [-0.15, -0.1) is 0 Å². The number of rotatable bonds is 6. The molecule has 4 amide bonds. The number of carbonyl (C=O) groups excluding carboxylic acids is 3. The van der Waals surface area contributed by atoms with Crippen molar-refractivity contribution in [3.05, 3.63) is 90.5 Å². The molecule has 0 bridgehead atoms. The quantitative estimate of drug-likeness (QED) is 0.202. The van der Waals surface area contributed by atoms with Gasteiger partial charge in [-0.2, -0.15) is 0 Å². The van der Waals surface area contributed by atoms with E-state index in [0.29, 0.717) is 29.4 Å². The minimum Gasteiger partial charge on any atom is -0.493 e. The molecular weight excluding hydrogens is 639 g/mol. The Bertz CT molecular complexity index is 1400. The highest BCUT2D eigenvalue weighted by Gasteiger charge is 2.37. The standard InChI is InChI=1S/C27H22BrIN2O5/c1-15-4-6-17(7-5-15)14-36-24-22(29)12-18(13-23(24)35-3)11-20-25(32)30-27(34)31(26(20)33)19-8-9-21(28)16(2)10-19/h4-13H,14H2,1-3H3,(H,30,32,34)/b20-11+. The van der Waals surface area contributed by atoms with Gasteiger partial charge in [-0.3, -0.25) is 14.9 Å². The predicted molar refractivity (Wildman–Crippen MR) is 149 cm³/mol. The Morgan fingerprint density at radius 3 is 2.42 bits per heavy atom. The van der Waals surface area contributed by atoms with E-state index < -0.39 is 17.8 Å². The van der Waals surface area contributed by atoms with Crippen LogP contribution in [0.15, 0.2) is 64.6 Å². The number of ether oxygens (including phenoxy) is 2. The number of nitrogens with zero attached hydrogens (tertiary/aromatic N) is 1. The van der Waals surface area contributed by atoms with Crippen LogP contribution in [0.5, 0.6) is 11.5 Å². The molecule has 0 atom stereocenters. The molecular formula is C27H22BrIN2O5. The Morgan fingerprint density at radius 1 is 1.03 bits per heavy atom. The van der Waals surface area contributed by atoms with Gasteiger partial charge >= 0.3 is 6.03 Å². The van der Waals surface area contributed by atoms with Gasteiger partial charge in [-0.05, 0) is 89.5 Å². The van der Waals surface area contributed by atoms with Crippen LogP contribution >= 0.6 is 38.5 Å². The number of hydrogen-bond donors (Lipinski definition) is 1. The first-order chi connectivity index (χ1) is 17.2. The van der Waals surface area contributed by atoms with E-state index in [1.807, 2.05) is 38.1 Å². The van der Waals surface area contributed by atoms with Crippen molar-refractivity contribution in [2.45, 2.75) is 20.5 Å². The molecule has 1 fully saturated rings. The third-order valence-electron chi connectivity index (χ3n) is 5.57. The second kappa shape index (κ2) is 10.8. The largest absolute Gasteiger partial charge is 0.493 e. The van der Waals surface area contributed by atoms with Crippen LogP contribution in [-0.4, -0.2) is 25.0 Å². The second-order valence-corrected chi connectivity index (χ2v) is 10.2. The van der Waals surface area contributed by atoms with Crippen molar-refractivity contribution in [1.29, 1.82) is 0 Å². The molecule has 9 heteroatoms. The van der Waals surface area contributed by atoms with Crippen LogP contribution in [0.2, 0.25) is 0 Å². The summed E-state index contributed by atoms with van der Waals surface area (Å²) in [6.07, 6.45) is 1.44. The summed E-state index contributed by atoms with van der Waals surface area (Å²) in [5, 5.41) is 2.25. The Balaban J connectivity index is 1.64. The van der Waals surface area contributed by atoms with Gasteiger partial charge in [-0.1, -0.05) is 45.8 Å². The molecule has 36 heavy (non-hydrogen) atoms. The summed E-state index contributed by atoms with van der Waals surface area (Å²) in [5.74, 6) is -0.453. The molecule has 0 radical (unpaired) electrons. The number of hydrogen-bond acceptors (Lipinski definition) is 5. The van der Waals surface area contributed by atoms with Crippen molar-refractivity contribution in [3.63, 3.8) is 0 Å². The molecule has 3 aromatic rings. The molecule has 0 aliphatic carbocycles. The van der Waals surface area contributed by atoms with Gasteiger partial charge in [0.05, 0.1) is 16.4 Å². The lowest BCUT2D eigenvalue weighted by Gasteiger charge is -2.26. The highest BCUT2D eigenvalue weighted by molar-refractivity contribution is 14.1. The summed E-state index contributed by atoms with van der Waals surface area (Å²) in [6.45, 7) is 4.23. The van der Waals surface area contributed by atoms with E-state index in [4.69, 9.17) is 9.47 Å². The third-order valence-corrected chi connectivity index (χ3v) is 7.26. The monoisotopic (exact) mass is 660 g/mol. The SMILES string of the molecule is COc1cc(/C=C2\C(=O)NC(=O)N(c3ccc(Br)c(C)c3)C2=O)cc(I)c1OCc1ccc(C)cc1. The summed E-state index contributed by atoms with van der Waals surface area (Å²) < 4.78 is 13.1. The minimum atomic E-state index is -0.795. The summed E-state index contributed by atoms with van der Waals surface area (Å²) >= 11 is 5.53. The maximum atomic E-state index is 13.2. The van der Waals surface area contributed by atoms with Crippen molar-refractivity contribution < 1.29 is 23.9 Å². The molecule has 1 aliphatic rings. The maximum Gasteiger partial charge on any atom is 0.335 e. The first kappa shape index (κ1) is 25.9. The van der Waals surface area contributed by atoms with Crippen molar-refractivity contribution in [1.82, 2.24) is 5.32 Å². The number of imide groups is 2. The van der Waals surface area contributed by atoms with Crippen molar-refractivity contribution >= 4 is 68.1 Å². The molecule has 0 spiro atoms. The van der Waals surface area contributed by atoms with E-state index in [1.54, 1.807) is 30.3 Å². The van der Waals surface area contributed by atoms with Gasteiger partial charge < -0.3 is 9.47 Å². The molecule has 4 rings (SSSR count). The molecule has 184 valence electrons. The maximum absolute atomic E-state index is 13.2. The van der Waals surface area contributed by atoms with Gasteiger partial charge in [0.15, 0.2) is 11.5 Å². The number of barbiturate groups is 1. The van der Waals surface area contributed by atoms with Gasteiger partial charge in [0, 0.05) is 4.47 Å². The Hall–Kier alpha value is -3.18. The van der Waals surface area contributed by atoms with Crippen molar-refractivity contribution in [2.24, 2.45) is 0 Å². The third kappa shape index (κ3) is 5.46. The van der Waals surface area contributed by atoms with Crippen LogP contribution in [0, 0.1) is 17.4 Å². The first-order valence-corrected chi connectivity index (χ1v) is 12.8. The number of halogens is 2. The lowest BCUT2D eigenvalue weighted by Crippen LogP contribution is -2.54. The summed E-state index contributed by atoms with van der Waals surface area (Å²) in [4.78, 5) is 39.3. The lowest BCUT2D eigenvalue weighted by atomic mass is 10.1. The number of benzene rings is 3. The van der Waals surface area contributed by atoms with Gasteiger partial charge in [0.2, 0.25) is 0 Å². The molecule has 0 unspecified atom stereocenters. The normalized spacial score (nSPS) is 14.8. The highest BCUT2D eigenvalue weighted by Crippen LogP contribution is 2.36. The Labute approximate surface area is 230 Å². The van der Waals surface area contributed by atoms with Crippen molar-refractivity contribution in [3.8, 4) is 11.5 Å². The number of anilines is 1. The van der Waals surface area contributed by atoms with E-state index >= 15 is 0 Å². The minimum absolute atomic E-state index is 0.165. The summed E-state index contributed by atoms with van der Waals surface area (Å²) in [7, 11) is 1.52. The Morgan fingerprint density at radius 2 is 1.75 bits per heavy atom. The fraction of sp³-hybridized carbons (Fsp3) is 0.148. The molecule has 0 aromatic heterocycles. The van der Waals surface area contributed by atoms with E-state index in [2.05, 4.69) is 43.8 Å². The zero-order valence-corrected chi connectivity index (χ0v) is 23.5. The molecule has 7 nitrogen and oxygen atoms in total. The second-order valence-electron chi connectivity index (χ2n) is 8.20. The van der Waals surface area contributed by atoms with E-state index in [9.17, 15) is 14.4 Å². The zero-order valence-electron chi connectivity index (χ0n) is 19.7. The summed E-state index contributed by atoms with van der Waals surface area (Å²) in [5.41, 5.74) is 3.78. The topological polar surface area (TPSA) is 84.9 Å². The summed E-state index contributed by atoms with van der Waals surface area (Å²) in [6, 6.07) is 15.8. The lowest BCUT2D eigenvalue weighted by molar-refractivity contribution is -0.122. The van der Waals surface area contributed by atoms with Crippen LogP contribution < -0.4 is 19.7 Å². The van der Waals surface area contributed by atoms with E-state index in [-0.39, 0.29) is 5.57 Å². The van der Waals surface area contributed by atoms with Gasteiger partial charge in [0.1, 0.15) is 12.2 Å². The van der Waals surface area contributed by atoms with Crippen LogP contribution in [0.3, 0.4) is 0 Å². The number of aryl methyl sites for hydroxylation is 2. The van der Waals surface area contributed by atoms with Crippen LogP contribution in [0.4, 0.5) is 10.5 Å². The van der Waals surface area contributed by atoms with E-state index in [0.717, 1.165) is 24.1 Å². The molecule has 1 N–H and O–H groups in total.